The summed E-state index contributed by atoms with van der Waals surface area (Å²) in [5.41, 5.74) is 0.327. The van der Waals surface area contributed by atoms with Gasteiger partial charge in [0.25, 0.3) is 17.5 Å². The Labute approximate surface area is 244 Å². The van der Waals surface area contributed by atoms with Gasteiger partial charge in [-0.3, -0.25) is 24.5 Å². The Hall–Kier alpha value is -4.66. The predicted molar refractivity (Wildman–Crippen MR) is 149 cm³/mol. The number of nitro groups is 1. The van der Waals surface area contributed by atoms with Crippen LogP contribution in [0.3, 0.4) is 0 Å². The molecule has 0 spiro atoms. The molecule has 3 aromatic carbocycles. The van der Waals surface area contributed by atoms with Gasteiger partial charge in [0.05, 0.1) is 34.6 Å². The molecule has 3 amide bonds. The number of nitro benzene ring substituents is 1. The van der Waals surface area contributed by atoms with E-state index in [2.05, 4.69) is 4.74 Å². The van der Waals surface area contributed by atoms with Gasteiger partial charge in [0.2, 0.25) is 15.9 Å². The molecule has 15 heteroatoms. The van der Waals surface area contributed by atoms with Crippen molar-refractivity contribution in [1.29, 1.82) is 0 Å². The van der Waals surface area contributed by atoms with Gasteiger partial charge < -0.3 is 9.64 Å². The molecule has 0 bridgehead atoms. The molecule has 1 aliphatic rings. The maximum atomic E-state index is 13.7. The SMILES string of the molecule is COC(=O)c1ccc(N2C(=O)CC(N(CCc3ccc(S(N)(=O)=O)cc3)C(=O)c3ccc(Cl)c([N+](=O)[O-])c3)C2=O)cc1. The molecule has 1 heterocycles. The smallest absolute Gasteiger partial charge is 0.337 e. The standard InChI is InChI=1S/C27H23ClN4O9S/c1-41-27(36)17-4-7-19(8-5-17)31-24(33)15-23(26(31)35)30(13-12-16-2-9-20(10-3-16)42(29,39)40)25(34)18-6-11-21(28)22(14-18)32(37)38/h2-11,14,23H,12-13,15H2,1H3,(H2,29,39,40). The molecule has 0 saturated carbocycles. The maximum absolute atomic E-state index is 13.7. The summed E-state index contributed by atoms with van der Waals surface area (Å²) >= 11 is 5.91. The van der Waals surface area contributed by atoms with Crippen LogP contribution in [0.1, 0.15) is 32.7 Å². The third-order valence-corrected chi connectivity index (χ3v) is 7.84. The molecule has 1 saturated heterocycles. The first kappa shape index (κ1) is 30.3. The normalized spacial score (nSPS) is 15.0. The number of halogens is 1. The molecule has 1 atom stereocenters. The van der Waals surface area contributed by atoms with E-state index in [1.54, 1.807) is 0 Å². The molecule has 42 heavy (non-hydrogen) atoms. The second-order valence-electron chi connectivity index (χ2n) is 9.19. The Morgan fingerprint density at radius 1 is 1.07 bits per heavy atom. The van der Waals surface area contributed by atoms with Crippen LogP contribution < -0.4 is 10.0 Å². The lowest BCUT2D eigenvalue weighted by Crippen LogP contribution is -2.46. The summed E-state index contributed by atoms with van der Waals surface area (Å²) < 4.78 is 27.8. The van der Waals surface area contributed by atoms with Crippen LogP contribution >= 0.6 is 11.6 Å². The molecule has 3 aromatic rings. The lowest BCUT2D eigenvalue weighted by atomic mass is 10.1. The number of amides is 3. The molecular formula is C27H23ClN4O9S. The highest BCUT2D eigenvalue weighted by Gasteiger charge is 2.44. The number of hydrogen-bond acceptors (Lipinski definition) is 9. The number of carbonyl (C=O) groups excluding carboxylic acids is 4. The van der Waals surface area contributed by atoms with E-state index < -0.39 is 50.4 Å². The van der Waals surface area contributed by atoms with E-state index in [0.29, 0.717) is 5.56 Å². The molecule has 1 fully saturated rings. The summed E-state index contributed by atoms with van der Waals surface area (Å²) in [6.45, 7) is -0.108. The van der Waals surface area contributed by atoms with Gasteiger partial charge in [0.15, 0.2) is 0 Å². The summed E-state index contributed by atoms with van der Waals surface area (Å²) in [6, 6.07) is 13.3. The third kappa shape index (κ3) is 6.30. The van der Waals surface area contributed by atoms with Gasteiger partial charge >= 0.3 is 5.97 Å². The number of carbonyl (C=O) groups is 4. The number of primary sulfonamides is 1. The molecule has 4 rings (SSSR count). The number of rotatable bonds is 9. The number of hydrogen-bond donors (Lipinski definition) is 1. The monoisotopic (exact) mass is 614 g/mol. The fourth-order valence-electron chi connectivity index (χ4n) is 4.44. The maximum Gasteiger partial charge on any atom is 0.337 e. The predicted octanol–water partition coefficient (Wildman–Crippen LogP) is 2.70. The van der Waals surface area contributed by atoms with Crippen molar-refractivity contribution in [3.05, 3.63) is 98.6 Å². The lowest BCUT2D eigenvalue weighted by molar-refractivity contribution is -0.384. The van der Waals surface area contributed by atoms with Crippen molar-refractivity contribution in [3.63, 3.8) is 0 Å². The first-order valence-corrected chi connectivity index (χ1v) is 14.2. The molecule has 0 aliphatic carbocycles. The van der Waals surface area contributed by atoms with Crippen molar-refractivity contribution in [2.24, 2.45) is 5.14 Å². The van der Waals surface area contributed by atoms with Crippen LogP contribution in [-0.2, 0) is 30.8 Å². The van der Waals surface area contributed by atoms with E-state index in [4.69, 9.17) is 16.7 Å². The van der Waals surface area contributed by atoms with E-state index in [1.807, 2.05) is 0 Å². The topological polar surface area (TPSA) is 187 Å². The second-order valence-corrected chi connectivity index (χ2v) is 11.2. The van der Waals surface area contributed by atoms with E-state index in [1.165, 1.54) is 67.8 Å². The van der Waals surface area contributed by atoms with E-state index in [-0.39, 0.29) is 46.1 Å². The summed E-state index contributed by atoms with van der Waals surface area (Å²) in [5, 5.41) is 16.4. The molecule has 0 aromatic heterocycles. The second kappa shape index (κ2) is 12.1. The fraction of sp³-hybridized carbons (Fsp3) is 0.185. The molecule has 218 valence electrons. The Morgan fingerprint density at radius 2 is 1.69 bits per heavy atom. The van der Waals surface area contributed by atoms with Gasteiger partial charge in [0, 0.05) is 18.2 Å². The Morgan fingerprint density at radius 3 is 2.26 bits per heavy atom. The molecule has 1 aliphatic heterocycles. The number of anilines is 1. The van der Waals surface area contributed by atoms with Crippen LogP contribution in [0.5, 0.6) is 0 Å². The molecular weight excluding hydrogens is 592 g/mol. The van der Waals surface area contributed by atoms with Gasteiger partial charge in [-0.05, 0) is 60.5 Å². The van der Waals surface area contributed by atoms with Crippen molar-refractivity contribution in [2.75, 3.05) is 18.6 Å². The zero-order valence-electron chi connectivity index (χ0n) is 21.9. The highest BCUT2D eigenvalue weighted by atomic mass is 35.5. The first-order chi connectivity index (χ1) is 19.8. The van der Waals surface area contributed by atoms with Gasteiger partial charge in [-0.15, -0.1) is 0 Å². The number of methoxy groups -OCH3 is 1. The number of sulfonamides is 1. The zero-order valence-corrected chi connectivity index (χ0v) is 23.5. The average molecular weight is 615 g/mol. The summed E-state index contributed by atoms with van der Waals surface area (Å²) in [7, 11) is -2.71. The zero-order chi connectivity index (χ0) is 30.8. The fourth-order valence-corrected chi connectivity index (χ4v) is 5.14. The summed E-state index contributed by atoms with van der Waals surface area (Å²) in [6.07, 6.45) is -0.235. The number of ether oxygens (including phenoxy) is 1. The van der Waals surface area contributed by atoms with Crippen molar-refractivity contribution in [3.8, 4) is 0 Å². The molecule has 13 nitrogen and oxygen atoms in total. The van der Waals surface area contributed by atoms with E-state index in [9.17, 15) is 37.7 Å². The Kier molecular flexibility index (Phi) is 8.70. The minimum absolute atomic E-state index is 0.108. The minimum Gasteiger partial charge on any atom is -0.465 e. The average Bonchev–Trinajstić information content (AvgIpc) is 3.25. The Bertz CT molecular complexity index is 1690. The Balaban J connectivity index is 1.66. The lowest BCUT2D eigenvalue weighted by Gasteiger charge is -2.28. The number of benzene rings is 3. The van der Waals surface area contributed by atoms with E-state index in [0.717, 1.165) is 15.9 Å². The van der Waals surface area contributed by atoms with Gasteiger partial charge in [-0.2, -0.15) is 0 Å². The third-order valence-electron chi connectivity index (χ3n) is 6.59. The van der Waals surface area contributed by atoms with Crippen LogP contribution in [0.15, 0.2) is 71.6 Å². The molecule has 0 radical (unpaired) electrons. The highest BCUT2D eigenvalue weighted by molar-refractivity contribution is 7.89. The van der Waals surface area contributed by atoms with E-state index >= 15 is 0 Å². The largest absolute Gasteiger partial charge is 0.465 e. The van der Waals surface area contributed by atoms with Crippen LogP contribution in [0, 0.1) is 10.1 Å². The van der Waals surface area contributed by atoms with Crippen LogP contribution in [0.4, 0.5) is 11.4 Å². The van der Waals surface area contributed by atoms with Gasteiger partial charge in [-0.1, -0.05) is 23.7 Å². The van der Waals surface area contributed by atoms with Crippen molar-refractivity contribution in [2.45, 2.75) is 23.8 Å². The highest BCUT2D eigenvalue weighted by Crippen LogP contribution is 2.30. The number of esters is 1. The van der Waals surface area contributed by atoms with Crippen molar-refractivity contribution in [1.82, 2.24) is 4.90 Å². The molecule has 1 unspecified atom stereocenters. The van der Waals surface area contributed by atoms with Crippen LogP contribution in [0.25, 0.3) is 0 Å². The van der Waals surface area contributed by atoms with Gasteiger partial charge in [-0.25, -0.2) is 23.3 Å². The van der Waals surface area contributed by atoms with Gasteiger partial charge in [0.1, 0.15) is 11.1 Å². The number of nitrogens with two attached hydrogens (primary N) is 1. The van der Waals surface area contributed by atoms with Crippen molar-refractivity contribution < 1.29 is 37.3 Å². The minimum atomic E-state index is -3.93. The first-order valence-electron chi connectivity index (χ1n) is 12.2. The number of nitrogens with zero attached hydrogens (tertiary/aromatic N) is 3. The molecule has 2 N–H and O–H groups in total. The summed E-state index contributed by atoms with van der Waals surface area (Å²) in [5.74, 6) is -2.69. The van der Waals surface area contributed by atoms with Crippen LogP contribution in [-0.4, -0.2) is 61.6 Å². The summed E-state index contributed by atoms with van der Waals surface area (Å²) in [4.78, 5) is 64.7. The van der Waals surface area contributed by atoms with Crippen molar-refractivity contribution >= 4 is 56.7 Å². The number of imide groups is 1. The quantitative estimate of drug-likeness (QED) is 0.163. The van der Waals surface area contributed by atoms with Crippen LogP contribution in [0.2, 0.25) is 5.02 Å².